The molecule has 0 aliphatic rings. The van der Waals surface area contributed by atoms with Crippen molar-refractivity contribution in [2.45, 2.75) is 25.9 Å². The highest BCUT2D eigenvalue weighted by Crippen LogP contribution is 2.24. The molecule has 116 valence electrons. The van der Waals surface area contributed by atoms with Crippen LogP contribution in [0.5, 0.6) is 0 Å². The third-order valence-electron chi connectivity index (χ3n) is 3.10. The van der Waals surface area contributed by atoms with Gasteiger partial charge < -0.3 is 10.1 Å². The fraction of sp³-hybridized carbons (Fsp3) is 0.294. The van der Waals surface area contributed by atoms with E-state index in [2.05, 4.69) is 12.2 Å². The number of hydrogen-bond acceptors (Lipinski definition) is 4. The predicted molar refractivity (Wildman–Crippen MR) is 86.8 cm³/mol. The van der Waals surface area contributed by atoms with Crippen LogP contribution in [0.2, 0.25) is 0 Å². The highest BCUT2D eigenvalue weighted by molar-refractivity contribution is 7.10. The molecule has 0 saturated heterocycles. The van der Waals surface area contributed by atoms with Gasteiger partial charge in [0.15, 0.2) is 0 Å². The van der Waals surface area contributed by atoms with Gasteiger partial charge in [-0.25, -0.2) is 4.79 Å². The molecule has 2 rings (SSSR count). The van der Waals surface area contributed by atoms with Crippen LogP contribution in [0.3, 0.4) is 0 Å². The lowest BCUT2D eigenvalue weighted by atomic mass is 10.2. The van der Waals surface area contributed by atoms with E-state index in [1.54, 1.807) is 30.3 Å². The van der Waals surface area contributed by atoms with Crippen molar-refractivity contribution in [3.63, 3.8) is 0 Å². The summed E-state index contributed by atoms with van der Waals surface area (Å²) in [5, 5.41) is 4.68. The molecule has 5 heteroatoms. The summed E-state index contributed by atoms with van der Waals surface area (Å²) in [6, 6.07) is 12.3. The topological polar surface area (TPSA) is 55.4 Å². The number of esters is 1. The molecule has 1 N–H and O–H groups in total. The van der Waals surface area contributed by atoms with Gasteiger partial charge in [0.25, 0.3) is 5.91 Å². The molecular weight excluding hydrogens is 298 g/mol. The van der Waals surface area contributed by atoms with Gasteiger partial charge in [-0.2, -0.15) is 0 Å². The van der Waals surface area contributed by atoms with Crippen LogP contribution in [-0.4, -0.2) is 18.4 Å². The first-order chi connectivity index (χ1) is 10.7. The lowest BCUT2D eigenvalue weighted by molar-refractivity contribution is -0.130. The van der Waals surface area contributed by atoms with E-state index in [9.17, 15) is 9.59 Å². The number of rotatable bonds is 7. The van der Waals surface area contributed by atoms with E-state index in [0.29, 0.717) is 12.1 Å². The zero-order valence-electron chi connectivity index (χ0n) is 12.5. The van der Waals surface area contributed by atoms with E-state index >= 15 is 0 Å². The Labute approximate surface area is 134 Å². The SMILES string of the molecule is CCCCNC(=O)C(OC(=O)c1ccccc1)c1cccs1. The molecule has 2 aromatic rings. The number of carbonyl (C=O) groups excluding carboxylic acids is 2. The van der Waals surface area contributed by atoms with E-state index in [-0.39, 0.29) is 5.91 Å². The van der Waals surface area contributed by atoms with Crippen LogP contribution in [0.4, 0.5) is 0 Å². The highest BCUT2D eigenvalue weighted by atomic mass is 32.1. The maximum absolute atomic E-state index is 12.3. The Morgan fingerprint density at radius 2 is 1.95 bits per heavy atom. The number of hydrogen-bond donors (Lipinski definition) is 1. The van der Waals surface area contributed by atoms with Crippen LogP contribution in [0, 0.1) is 0 Å². The average Bonchev–Trinajstić information content (AvgIpc) is 3.07. The minimum atomic E-state index is -0.899. The first-order valence-electron chi connectivity index (χ1n) is 7.29. The number of unbranched alkanes of at least 4 members (excludes halogenated alkanes) is 1. The number of ether oxygens (including phenoxy) is 1. The highest BCUT2D eigenvalue weighted by Gasteiger charge is 2.26. The molecule has 0 aliphatic carbocycles. The molecule has 0 spiro atoms. The van der Waals surface area contributed by atoms with Gasteiger partial charge in [0.1, 0.15) is 0 Å². The minimum Gasteiger partial charge on any atom is -0.443 e. The molecule has 1 aromatic heterocycles. The Balaban J connectivity index is 2.08. The summed E-state index contributed by atoms with van der Waals surface area (Å²) >= 11 is 1.40. The fourth-order valence-corrected chi connectivity index (χ4v) is 2.66. The minimum absolute atomic E-state index is 0.278. The fourth-order valence-electron chi connectivity index (χ4n) is 1.91. The predicted octanol–water partition coefficient (Wildman–Crippen LogP) is 3.56. The number of thiophene rings is 1. The number of benzene rings is 1. The Morgan fingerprint density at radius 1 is 1.18 bits per heavy atom. The zero-order valence-corrected chi connectivity index (χ0v) is 13.3. The molecule has 22 heavy (non-hydrogen) atoms. The molecule has 0 bridgehead atoms. The van der Waals surface area contributed by atoms with Gasteiger partial charge in [-0.3, -0.25) is 4.79 Å². The second kappa shape index (κ2) is 8.34. The number of carbonyl (C=O) groups is 2. The van der Waals surface area contributed by atoms with Crippen molar-refractivity contribution in [1.29, 1.82) is 0 Å². The van der Waals surface area contributed by atoms with Gasteiger partial charge in [-0.1, -0.05) is 37.6 Å². The molecule has 4 nitrogen and oxygen atoms in total. The standard InChI is InChI=1S/C17H19NO3S/c1-2-3-11-18-16(19)15(14-10-7-12-22-14)21-17(20)13-8-5-4-6-9-13/h4-10,12,15H,2-3,11H2,1H3,(H,18,19). The lowest BCUT2D eigenvalue weighted by Crippen LogP contribution is -2.32. The number of amides is 1. The van der Waals surface area contributed by atoms with Crippen molar-refractivity contribution >= 4 is 23.2 Å². The Kier molecular flexibility index (Phi) is 6.15. The monoisotopic (exact) mass is 317 g/mol. The van der Waals surface area contributed by atoms with Gasteiger partial charge >= 0.3 is 5.97 Å². The Bertz CT molecular complexity index is 596. The molecule has 0 saturated carbocycles. The second-order valence-corrected chi connectivity index (χ2v) is 5.79. The third-order valence-corrected chi connectivity index (χ3v) is 4.02. The lowest BCUT2D eigenvalue weighted by Gasteiger charge is -2.16. The van der Waals surface area contributed by atoms with Crippen molar-refractivity contribution in [2.24, 2.45) is 0 Å². The van der Waals surface area contributed by atoms with Crippen molar-refractivity contribution in [2.75, 3.05) is 6.54 Å². The van der Waals surface area contributed by atoms with E-state index in [4.69, 9.17) is 4.74 Å². The summed E-state index contributed by atoms with van der Waals surface area (Å²) in [5.41, 5.74) is 0.436. The van der Waals surface area contributed by atoms with E-state index in [1.807, 2.05) is 17.5 Å². The van der Waals surface area contributed by atoms with Crippen LogP contribution in [0.15, 0.2) is 47.8 Å². The van der Waals surface area contributed by atoms with Gasteiger partial charge in [0, 0.05) is 6.54 Å². The maximum Gasteiger partial charge on any atom is 0.339 e. The van der Waals surface area contributed by atoms with Crippen molar-refractivity contribution < 1.29 is 14.3 Å². The average molecular weight is 317 g/mol. The van der Waals surface area contributed by atoms with Crippen LogP contribution < -0.4 is 5.32 Å². The zero-order chi connectivity index (χ0) is 15.8. The van der Waals surface area contributed by atoms with Crippen molar-refractivity contribution in [3.05, 3.63) is 58.3 Å². The van der Waals surface area contributed by atoms with Gasteiger partial charge in [0.05, 0.1) is 10.4 Å². The van der Waals surface area contributed by atoms with E-state index < -0.39 is 12.1 Å². The van der Waals surface area contributed by atoms with E-state index in [1.165, 1.54) is 11.3 Å². The van der Waals surface area contributed by atoms with Crippen molar-refractivity contribution in [1.82, 2.24) is 5.32 Å². The number of nitrogens with one attached hydrogen (secondary N) is 1. The van der Waals surface area contributed by atoms with Gasteiger partial charge in [-0.05, 0) is 30.0 Å². The first-order valence-corrected chi connectivity index (χ1v) is 8.17. The van der Waals surface area contributed by atoms with Crippen LogP contribution in [0.1, 0.15) is 41.1 Å². The van der Waals surface area contributed by atoms with Crippen molar-refractivity contribution in [3.8, 4) is 0 Å². The smallest absolute Gasteiger partial charge is 0.339 e. The molecule has 0 aliphatic heterocycles. The Hall–Kier alpha value is -2.14. The van der Waals surface area contributed by atoms with Gasteiger partial charge in [-0.15, -0.1) is 11.3 Å². The summed E-state index contributed by atoms with van der Waals surface area (Å²) < 4.78 is 5.43. The molecular formula is C17H19NO3S. The molecule has 1 heterocycles. The molecule has 0 fully saturated rings. The Morgan fingerprint density at radius 3 is 2.59 bits per heavy atom. The van der Waals surface area contributed by atoms with Crippen LogP contribution in [-0.2, 0) is 9.53 Å². The molecule has 1 aromatic carbocycles. The summed E-state index contributed by atoms with van der Waals surface area (Å²) in [6.45, 7) is 2.64. The molecule has 1 amide bonds. The second-order valence-electron chi connectivity index (χ2n) is 4.81. The quantitative estimate of drug-likeness (QED) is 0.627. The van der Waals surface area contributed by atoms with Crippen LogP contribution in [0.25, 0.3) is 0 Å². The summed E-state index contributed by atoms with van der Waals surface area (Å²) in [5.74, 6) is -0.773. The largest absolute Gasteiger partial charge is 0.443 e. The maximum atomic E-state index is 12.3. The summed E-state index contributed by atoms with van der Waals surface area (Å²) in [7, 11) is 0. The first kappa shape index (κ1) is 16.2. The van der Waals surface area contributed by atoms with Crippen LogP contribution >= 0.6 is 11.3 Å². The molecule has 1 unspecified atom stereocenters. The van der Waals surface area contributed by atoms with Gasteiger partial charge in [0.2, 0.25) is 6.10 Å². The third kappa shape index (κ3) is 4.43. The summed E-state index contributed by atoms with van der Waals surface area (Å²) in [6.07, 6.45) is 0.994. The molecule has 0 radical (unpaired) electrons. The summed E-state index contributed by atoms with van der Waals surface area (Å²) in [4.78, 5) is 25.2. The molecule has 1 atom stereocenters. The normalized spacial score (nSPS) is 11.7. The van der Waals surface area contributed by atoms with E-state index in [0.717, 1.165) is 17.7 Å².